The Hall–Kier alpha value is -2.52. The third-order valence-corrected chi connectivity index (χ3v) is 7.91. The van der Waals surface area contributed by atoms with Crippen molar-refractivity contribution in [2.24, 2.45) is 5.92 Å². The summed E-state index contributed by atoms with van der Waals surface area (Å²) in [6.07, 6.45) is 7.41. The molecule has 31 heavy (non-hydrogen) atoms. The number of fused-ring (bicyclic) bond motifs is 3. The van der Waals surface area contributed by atoms with Gasteiger partial charge in [-0.3, -0.25) is 14.3 Å². The quantitative estimate of drug-likeness (QED) is 0.344. The number of carbonyl (C=O) groups excluding carboxylic acids is 1. The minimum Gasteiger partial charge on any atom is -0.361 e. The second kappa shape index (κ2) is 8.55. The number of nitrogens with zero attached hydrogens (tertiary/aromatic N) is 3. The van der Waals surface area contributed by atoms with Gasteiger partial charge in [0.15, 0.2) is 0 Å². The number of carbonyl (C=O) groups is 1. The van der Waals surface area contributed by atoms with Crippen molar-refractivity contribution in [1.82, 2.24) is 19.1 Å². The summed E-state index contributed by atoms with van der Waals surface area (Å²) in [7, 11) is -1.16. The normalized spacial score (nSPS) is 19.8. The number of hydrogen-bond donors (Lipinski definition) is 1. The predicted molar refractivity (Wildman–Crippen MR) is 123 cm³/mol. The van der Waals surface area contributed by atoms with E-state index in [0.29, 0.717) is 29.9 Å². The number of rotatable bonds is 7. The van der Waals surface area contributed by atoms with Gasteiger partial charge in [0.05, 0.1) is 10.9 Å². The summed E-state index contributed by atoms with van der Waals surface area (Å²) in [6, 6.07) is 2.94. The molecule has 0 spiro atoms. The van der Waals surface area contributed by atoms with Crippen molar-refractivity contribution in [1.29, 1.82) is 0 Å². The Labute approximate surface area is 181 Å². The molecule has 1 fully saturated rings. The van der Waals surface area contributed by atoms with Gasteiger partial charge in [-0.05, 0) is 37.8 Å². The van der Waals surface area contributed by atoms with Gasteiger partial charge in [-0.25, -0.2) is 9.78 Å². The second-order valence-electron chi connectivity index (χ2n) is 9.73. The zero-order valence-corrected chi connectivity index (χ0v) is 19.4. The van der Waals surface area contributed by atoms with Crippen LogP contribution in [-0.4, -0.2) is 40.1 Å². The van der Waals surface area contributed by atoms with Crippen molar-refractivity contribution in [2.45, 2.75) is 64.1 Å². The number of pyridine rings is 1. The largest absolute Gasteiger partial charge is 0.361 e. The molecule has 0 amide bonds. The summed E-state index contributed by atoms with van der Waals surface area (Å²) >= 11 is 0. The lowest BCUT2D eigenvalue weighted by Gasteiger charge is -2.28. The molecule has 0 unspecified atom stereocenters. The Kier molecular flexibility index (Phi) is 5.98. The third-order valence-electron chi connectivity index (χ3n) is 6.21. The molecule has 9 heteroatoms. The van der Waals surface area contributed by atoms with Crippen LogP contribution in [0.2, 0.25) is 25.7 Å². The van der Waals surface area contributed by atoms with Gasteiger partial charge in [0, 0.05) is 44.4 Å². The molecule has 3 heterocycles. The zero-order chi connectivity index (χ0) is 22.2. The highest BCUT2D eigenvalue weighted by atomic mass is 28.3. The molecule has 0 atom stereocenters. The molecular weight excluding hydrogens is 412 g/mol. The van der Waals surface area contributed by atoms with Crippen molar-refractivity contribution in [3.05, 3.63) is 39.3 Å². The molecule has 0 aliphatic heterocycles. The minimum atomic E-state index is -1.16. The highest BCUT2D eigenvalue weighted by Gasteiger charge is 2.26. The van der Waals surface area contributed by atoms with Crippen LogP contribution in [0, 0.1) is 5.92 Å². The molecule has 1 aliphatic carbocycles. The second-order valence-corrected chi connectivity index (χ2v) is 15.3. The van der Waals surface area contributed by atoms with E-state index in [4.69, 9.17) is 4.74 Å². The first kappa shape index (κ1) is 21.7. The van der Waals surface area contributed by atoms with Crippen LogP contribution >= 0.6 is 0 Å². The summed E-state index contributed by atoms with van der Waals surface area (Å²) in [5.41, 5.74) is 0.486. The highest BCUT2D eigenvalue weighted by Crippen LogP contribution is 2.33. The maximum absolute atomic E-state index is 12.8. The van der Waals surface area contributed by atoms with Crippen LogP contribution in [0.5, 0.6) is 0 Å². The lowest BCUT2D eigenvalue weighted by molar-refractivity contribution is -0.112. The van der Waals surface area contributed by atoms with E-state index in [1.54, 1.807) is 10.8 Å². The van der Waals surface area contributed by atoms with E-state index in [9.17, 15) is 14.4 Å². The monoisotopic (exact) mass is 442 g/mol. The standard InChI is InChI=1S/C22H30N4O4Si/c1-31(2,3)11-10-30-14-25-9-8-17-19-18(12-23-20(17)25)21(28)24-22(29)26(19)16-6-4-15(13-27)5-7-16/h8-9,12-13,15-16H,4-7,10-11,14H2,1-3H3,(H,24,28,29)/t15-,16-. The minimum absolute atomic E-state index is 0.0509. The Bertz CT molecular complexity index is 1210. The van der Waals surface area contributed by atoms with Crippen LogP contribution in [0.4, 0.5) is 0 Å². The molecule has 1 N–H and O–H groups in total. The first-order valence-corrected chi connectivity index (χ1v) is 14.6. The number of H-pyrrole nitrogens is 1. The average Bonchev–Trinajstić information content (AvgIpc) is 3.14. The van der Waals surface area contributed by atoms with Crippen LogP contribution in [0.1, 0.15) is 31.7 Å². The number of aromatic nitrogens is 4. The predicted octanol–water partition coefficient (Wildman–Crippen LogP) is 3.28. The molecule has 0 bridgehead atoms. The van der Waals surface area contributed by atoms with Crippen LogP contribution in [-0.2, 0) is 16.3 Å². The first-order chi connectivity index (χ1) is 14.8. The summed E-state index contributed by atoms with van der Waals surface area (Å²) in [5.74, 6) is 0.0528. The molecule has 1 saturated carbocycles. The Morgan fingerprint density at radius 3 is 2.61 bits per heavy atom. The van der Waals surface area contributed by atoms with E-state index in [1.165, 1.54) is 0 Å². The van der Waals surface area contributed by atoms with Gasteiger partial charge >= 0.3 is 5.69 Å². The number of aromatic amines is 1. The Morgan fingerprint density at radius 1 is 1.19 bits per heavy atom. The van der Waals surface area contributed by atoms with Crippen molar-refractivity contribution in [3.63, 3.8) is 0 Å². The highest BCUT2D eigenvalue weighted by molar-refractivity contribution is 6.76. The molecule has 3 aromatic rings. The fraction of sp³-hybridized carbons (Fsp3) is 0.545. The summed E-state index contributed by atoms with van der Waals surface area (Å²) in [6.45, 7) is 8.02. The van der Waals surface area contributed by atoms with Gasteiger partial charge in [0.25, 0.3) is 5.56 Å². The molecule has 3 aromatic heterocycles. The fourth-order valence-corrected chi connectivity index (χ4v) is 5.12. The molecule has 166 valence electrons. The average molecular weight is 443 g/mol. The van der Waals surface area contributed by atoms with Gasteiger partial charge in [-0.15, -0.1) is 0 Å². The molecule has 0 aromatic carbocycles. The number of nitrogens with one attached hydrogen (secondary N) is 1. The maximum atomic E-state index is 12.8. The smallest absolute Gasteiger partial charge is 0.329 e. The fourth-order valence-electron chi connectivity index (χ4n) is 4.37. The Balaban J connectivity index is 1.73. The molecule has 1 aliphatic rings. The van der Waals surface area contributed by atoms with Crippen LogP contribution in [0.3, 0.4) is 0 Å². The van der Waals surface area contributed by atoms with Crippen LogP contribution in [0.15, 0.2) is 28.0 Å². The maximum Gasteiger partial charge on any atom is 0.329 e. The van der Waals surface area contributed by atoms with E-state index < -0.39 is 19.3 Å². The third kappa shape index (κ3) is 4.43. The van der Waals surface area contributed by atoms with Crippen LogP contribution in [0.25, 0.3) is 21.9 Å². The van der Waals surface area contributed by atoms with Gasteiger partial charge in [-0.1, -0.05) is 19.6 Å². The molecule has 0 radical (unpaired) electrons. The van der Waals surface area contributed by atoms with E-state index in [1.807, 2.05) is 16.8 Å². The summed E-state index contributed by atoms with van der Waals surface area (Å²) in [4.78, 5) is 43.4. The zero-order valence-electron chi connectivity index (χ0n) is 18.4. The van der Waals surface area contributed by atoms with E-state index in [-0.39, 0.29) is 12.0 Å². The van der Waals surface area contributed by atoms with Gasteiger partial charge in [0.2, 0.25) is 0 Å². The summed E-state index contributed by atoms with van der Waals surface area (Å²) < 4.78 is 9.50. The van der Waals surface area contributed by atoms with E-state index in [2.05, 4.69) is 29.6 Å². The van der Waals surface area contributed by atoms with Crippen molar-refractivity contribution in [3.8, 4) is 0 Å². The van der Waals surface area contributed by atoms with Crippen LogP contribution < -0.4 is 11.2 Å². The number of hydrogen-bond acceptors (Lipinski definition) is 5. The van der Waals surface area contributed by atoms with Crippen molar-refractivity contribution < 1.29 is 9.53 Å². The number of aldehydes is 1. The summed E-state index contributed by atoms with van der Waals surface area (Å²) in [5, 5.41) is 1.18. The molecule has 8 nitrogen and oxygen atoms in total. The lowest BCUT2D eigenvalue weighted by atomic mass is 9.86. The molecular formula is C22H30N4O4Si. The van der Waals surface area contributed by atoms with Gasteiger partial charge in [-0.2, -0.15) is 0 Å². The van der Waals surface area contributed by atoms with E-state index in [0.717, 1.165) is 43.4 Å². The SMILES string of the molecule is C[Si](C)(C)CCOCn1ccc2c1ncc1c(=O)[nH]c(=O)n([C@H]3CC[C@H](C=O)CC3)c12. The van der Waals surface area contributed by atoms with Gasteiger partial charge in [0.1, 0.15) is 18.7 Å². The first-order valence-electron chi connectivity index (χ1n) is 10.9. The van der Waals surface area contributed by atoms with Gasteiger partial charge < -0.3 is 14.1 Å². The lowest BCUT2D eigenvalue weighted by Crippen LogP contribution is -2.34. The van der Waals surface area contributed by atoms with Crippen molar-refractivity contribution >= 4 is 36.3 Å². The molecule has 0 saturated heterocycles. The topological polar surface area (TPSA) is 99.0 Å². The van der Waals surface area contributed by atoms with Crippen molar-refractivity contribution in [2.75, 3.05) is 6.61 Å². The van der Waals surface area contributed by atoms with E-state index >= 15 is 0 Å². The number of ether oxygens (including phenoxy) is 1. The Morgan fingerprint density at radius 2 is 1.94 bits per heavy atom. The molecule has 4 rings (SSSR count).